The Hall–Kier alpha value is -5.80. The molecular formula is C40H26N2O. The van der Waals surface area contributed by atoms with Gasteiger partial charge in [-0.1, -0.05) is 84.9 Å². The molecule has 3 heterocycles. The summed E-state index contributed by atoms with van der Waals surface area (Å²) in [4.78, 5) is 9.05. The second-order valence-electron chi connectivity index (χ2n) is 10.7. The number of benzene rings is 5. The molecule has 202 valence electrons. The zero-order chi connectivity index (χ0) is 28.6. The van der Waals surface area contributed by atoms with Gasteiger partial charge in [0.2, 0.25) is 0 Å². The van der Waals surface area contributed by atoms with Crippen LogP contribution in [0.25, 0.3) is 77.8 Å². The van der Waals surface area contributed by atoms with Gasteiger partial charge in [-0.2, -0.15) is 0 Å². The minimum absolute atomic E-state index is 0.867. The summed E-state index contributed by atoms with van der Waals surface area (Å²) in [6.07, 6.45) is 3.65. The van der Waals surface area contributed by atoms with Crippen molar-refractivity contribution in [2.75, 3.05) is 0 Å². The number of hydrogen-bond donors (Lipinski definition) is 0. The predicted octanol–water partition coefficient (Wildman–Crippen LogP) is 10.7. The molecule has 0 fully saturated rings. The molecule has 5 aromatic carbocycles. The van der Waals surface area contributed by atoms with Crippen LogP contribution in [0.2, 0.25) is 0 Å². The maximum Gasteiger partial charge on any atom is 0.136 e. The average Bonchev–Trinajstić information content (AvgIpc) is 3.46. The molecule has 0 unspecified atom stereocenters. The van der Waals surface area contributed by atoms with Crippen molar-refractivity contribution in [1.82, 2.24) is 9.97 Å². The Morgan fingerprint density at radius 1 is 0.349 bits per heavy atom. The summed E-state index contributed by atoms with van der Waals surface area (Å²) in [5.41, 5.74) is 12.9. The molecule has 3 heteroatoms. The maximum absolute atomic E-state index is 6.27. The Morgan fingerprint density at radius 2 is 0.907 bits per heavy atom. The number of fused-ring (bicyclic) bond motifs is 3. The van der Waals surface area contributed by atoms with E-state index in [1.165, 1.54) is 22.3 Å². The number of furan rings is 1. The van der Waals surface area contributed by atoms with Crippen molar-refractivity contribution < 1.29 is 4.42 Å². The van der Waals surface area contributed by atoms with Crippen LogP contribution in [0.4, 0.5) is 0 Å². The van der Waals surface area contributed by atoms with Crippen LogP contribution in [0.1, 0.15) is 0 Å². The lowest BCUT2D eigenvalue weighted by Gasteiger charge is -2.13. The fourth-order valence-electron chi connectivity index (χ4n) is 5.88. The molecule has 0 aliphatic rings. The van der Waals surface area contributed by atoms with E-state index in [2.05, 4.69) is 119 Å². The molecule has 0 bridgehead atoms. The fourth-order valence-corrected chi connectivity index (χ4v) is 5.88. The van der Waals surface area contributed by atoms with Gasteiger partial charge in [0, 0.05) is 34.3 Å². The van der Waals surface area contributed by atoms with Gasteiger partial charge in [0.15, 0.2) is 0 Å². The van der Waals surface area contributed by atoms with E-state index in [9.17, 15) is 0 Å². The molecule has 3 nitrogen and oxygen atoms in total. The highest BCUT2D eigenvalue weighted by Gasteiger charge is 2.13. The fraction of sp³-hybridized carbons (Fsp3) is 0. The molecule has 0 aliphatic heterocycles. The van der Waals surface area contributed by atoms with Crippen LogP contribution in [0.15, 0.2) is 162 Å². The van der Waals surface area contributed by atoms with Gasteiger partial charge in [-0.3, -0.25) is 9.97 Å². The van der Waals surface area contributed by atoms with Crippen molar-refractivity contribution >= 4 is 21.9 Å². The van der Waals surface area contributed by atoms with Crippen molar-refractivity contribution in [3.63, 3.8) is 0 Å². The van der Waals surface area contributed by atoms with Crippen molar-refractivity contribution in [3.8, 4) is 55.9 Å². The van der Waals surface area contributed by atoms with Crippen LogP contribution in [-0.4, -0.2) is 9.97 Å². The van der Waals surface area contributed by atoms with E-state index in [4.69, 9.17) is 4.42 Å². The van der Waals surface area contributed by atoms with E-state index < -0.39 is 0 Å². The summed E-state index contributed by atoms with van der Waals surface area (Å²) < 4.78 is 6.27. The third-order valence-electron chi connectivity index (χ3n) is 8.00. The third-order valence-corrected chi connectivity index (χ3v) is 8.00. The summed E-state index contributed by atoms with van der Waals surface area (Å²) in [6, 6.07) is 50.8. The molecule has 0 aliphatic carbocycles. The van der Waals surface area contributed by atoms with E-state index in [0.717, 1.165) is 55.6 Å². The first-order valence-corrected chi connectivity index (χ1v) is 14.4. The number of nitrogens with zero attached hydrogens (tertiary/aromatic N) is 2. The van der Waals surface area contributed by atoms with Gasteiger partial charge in [0.25, 0.3) is 0 Å². The Balaban J connectivity index is 1.18. The molecule has 43 heavy (non-hydrogen) atoms. The van der Waals surface area contributed by atoms with Gasteiger partial charge in [-0.25, -0.2) is 0 Å². The van der Waals surface area contributed by atoms with Crippen molar-refractivity contribution in [1.29, 1.82) is 0 Å². The Bertz CT molecular complexity index is 2230. The van der Waals surface area contributed by atoms with Gasteiger partial charge in [0.05, 0.1) is 11.4 Å². The first-order chi connectivity index (χ1) is 21.3. The summed E-state index contributed by atoms with van der Waals surface area (Å²) in [5.74, 6) is 0. The summed E-state index contributed by atoms with van der Waals surface area (Å²) in [5, 5.41) is 2.21. The lowest BCUT2D eigenvalue weighted by Crippen LogP contribution is -1.88. The summed E-state index contributed by atoms with van der Waals surface area (Å²) in [7, 11) is 0. The lowest BCUT2D eigenvalue weighted by molar-refractivity contribution is 0.669. The number of rotatable bonds is 5. The highest BCUT2D eigenvalue weighted by atomic mass is 16.3. The normalized spacial score (nSPS) is 11.3. The van der Waals surface area contributed by atoms with Crippen molar-refractivity contribution in [2.24, 2.45) is 0 Å². The van der Waals surface area contributed by atoms with Crippen LogP contribution in [-0.2, 0) is 0 Å². The second-order valence-corrected chi connectivity index (χ2v) is 10.7. The first kappa shape index (κ1) is 25.0. The molecular weight excluding hydrogens is 524 g/mol. The van der Waals surface area contributed by atoms with Gasteiger partial charge in [-0.15, -0.1) is 0 Å². The van der Waals surface area contributed by atoms with E-state index in [0.29, 0.717) is 0 Å². The Morgan fingerprint density at radius 3 is 1.58 bits per heavy atom. The molecule has 8 rings (SSSR count). The topological polar surface area (TPSA) is 38.9 Å². The molecule has 0 radical (unpaired) electrons. The third kappa shape index (κ3) is 4.67. The smallest absolute Gasteiger partial charge is 0.136 e. The predicted molar refractivity (Wildman–Crippen MR) is 176 cm³/mol. The highest BCUT2D eigenvalue weighted by molar-refractivity contribution is 6.07. The monoisotopic (exact) mass is 550 g/mol. The quantitative estimate of drug-likeness (QED) is 0.214. The van der Waals surface area contributed by atoms with Gasteiger partial charge >= 0.3 is 0 Å². The molecule has 0 spiro atoms. The summed E-state index contributed by atoms with van der Waals surface area (Å²) >= 11 is 0. The van der Waals surface area contributed by atoms with Crippen LogP contribution in [0.3, 0.4) is 0 Å². The first-order valence-electron chi connectivity index (χ1n) is 14.4. The van der Waals surface area contributed by atoms with Crippen LogP contribution < -0.4 is 0 Å². The molecule has 0 saturated carbocycles. The average molecular weight is 551 g/mol. The molecule has 0 N–H and O–H groups in total. The molecule has 3 aromatic heterocycles. The van der Waals surface area contributed by atoms with Crippen LogP contribution in [0.5, 0.6) is 0 Å². The highest BCUT2D eigenvalue weighted by Crippen LogP contribution is 2.38. The molecule has 0 atom stereocenters. The Labute approximate surface area is 249 Å². The molecule has 0 saturated heterocycles. The summed E-state index contributed by atoms with van der Waals surface area (Å²) in [6.45, 7) is 0. The second kappa shape index (κ2) is 10.6. The van der Waals surface area contributed by atoms with E-state index in [-0.39, 0.29) is 0 Å². The van der Waals surface area contributed by atoms with E-state index in [1.807, 2.05) is 48.8 Å². The van der Waals surface area contributed by atoms with Crippen molar-refractivity contribution in [2.45, 2.75) is 0 Å². The minimum atomic E-state index is 0.867. The van der Waals surface area contributed by atoms with E-state index >= 15 is 0 Å². The number of aromatic nitrogens is 2. The van der Waals surface area contributed by atoms with Crippen molar-refractivity contribution in [3.05, 3.63) is 158 Å². The van der Waals surface area contributed by atoms with Gasteiger partial charge in [-0.05, 0) is 94.0 Å². The van der Waals surface area contributed by atoms with E-state index in [1.54, 1.807) is 0 Å². The van der Waals surface area contributed by atoms with Gasteiger partial charge in [0.1, 0.15) is 11.2 Å². The number of hydrogen-bond acceptors (Lipinski definition) is 3. The number of pyridine rings is 2. The standard InChI is InChI=1S/C40H26N2O/c1-2-14-34(30-11-8-12-31(24-30)37-15-3-5-21-41-37)33(13-1)29-10-7-9-27(23-29)28-18-20-39-36(25-28)35-19-17-32(26-40(35)43-39)38-16-4-6-22-42-38/h1-26H. The van der Waals surface area contributed by atoms with Crippen LogP contribution in [0, 0.1) is 0 Å². The van der Waals surface area contributed by atoms with Gasteiger partial charge < -0.3 is 4.42 Å². The lowest BCUT2D eigenvalue weighted by atomic mass is 9.91. The SMILES string of the molecule is c1ccc(-c2cccc(-c3ccccc3-c3cccc(-c4ccc5oc6cc(-c7ccccn7)ccc6c5c4)c3)c2)nc1. The molecule has 8 aromatic rings. The maximum atomic E-state index is 6.27. The molecule has 0 amide bonds. The Kier molecular flexibility index (Phi) is 6.12. The zero-order valence-corrected chi connectivity index (χ0v) is 23.3. The largest absolute Gasteiger partial charge is 0.456 e. The zero-order valence-electron chi connectivity index (χ0n) is 23.3. The van der Waals surface area contributed by atoms with Crippen LogP contribution >= 0.6 is 0 Å². The minimum Gasteiger partial charge on any atom is -0.456 e.